The standard InChI is InChI=1S/C10H14N4/c1-3-5-11-9-7-14-10(8-13-9)12-6-4-2/h5-8H,3-4H2,1-2H3. The van der Waals surface area contributed by atoms with Crippen molar-refractivity contribution < 1.29 is 0 Å². The van der Waals surface area contributed by atoms with Crippen molar-refractivity contribution in [3.05, 3.63) is 12.4 Å². The van der Waals surface area contributed by atoms with E-state index in [1.165, 1.54) is 0 Å². The molecule has 14 heavy (non-hydrogen) atoms. The minimum Gasteiger partial charge on any atom is -0.240 e. The van der Waals surface area contributed by atoms with E-state index in [1.54, 1.807) is 24.8 Å². The van der Waals surface area contributed by atoms with Gasteiger partial charge in [-0.3, -0.25) is 0 Å². The SMILES string of the molecule is CCC=Nc1cnc(N=CCC)cn1. The molecule has 0 fully saturated rings. The third-order valence-corrected chi connectivity index (χ3v) is 1.44. The first-order valence-corrected chi connectivity index (χ1v) is 4.74. The van der Waals surface area contributed by atoms with E-state index in [0.29, 0.717) is 11.6 Å². The summed E-state index contributed by atoms with van der Waals surface area (Å²) in [6, 6.07) is 0. The average Bonchev–Trinajstić information content (AvgIpc) is 2.25. The van der Waals surface area contributed by atoms with Crippen LogP contribution < -0.4 is 0 Å². The van der Waals surface area contributed by atoms with Crippen molar-refractivity contribution >= 4 is 24.1 Å². The molecule has 0 spiro atoms. The van der Waals surface area contributed by atoms with Crippen molar-refractivity contribution in [2.75, 3.05) is 0 Å². The first-order chi connectivity index (χ1) is 6.86. The molecule has 1 aromatic heterocycles. The van der Waals surface area contributed by atoms with E-state index >= 15 is 0 Å². The molecule has 0 bridgehead atoms. The van der Waals surface area contributed by atoms with Crippen LogP contribution in [0, 0.1) is 0 Å². The molecule has 0 saturated carbocycles. The molecule has 0 N–H and O–H groups in total. The van der Waals surface area contributed by atoms with Crippen molar-refractivity contribution in [1.82, 2.24) is 9.97 Å². The molecule has 0 saturated heterocycles. The van der Waals surface area contributed by atoms with Gasteiger partial charge in [-0.05, 0) is 12.8 Å². The summed E-state index contributed by atoms with van der Waals surface area (Å²) in [6.45, 7) is 4.05. The summed E-state index contributed by atoms with van der Waals surface area (Å²) in [5, 5.41) is 0. The Bertz CT molecular complexity index is 280. The van der Waals surface area contributed by atoms with E-state index < -0.39 is 0 Å². The Hall–Kier alpha value is -1.58. The van der Waals surface area contributed by atoms with Crippen molar-refractivity contribution in [2.45, 2.75) is 26.7 Å². The van der Waals surface area contributed by atoms with Gasteiger partial charge in [0.2, 0.25) is 0 Å². The molecule has 1 heterocycles. The van der Waals surface area contributed by atoms with Gasteiger partial charge in [-0.15, -0.1) is 0 Å². The maximum absolute atomic E-state index is 4.10. The van der Waals surface area contributed by atoms with Gasteiger partial charge in [0.05, 0.1) is 12.4 Å². The summed E-state index contributed by atoms with van der Waals surface area (Å²) < 4.78 is 0. The first kappa shape index (κ1) is 10.5. The highest BCUT2D eigenvalue weighted by molar-refractivity contribution is 5.62. The van der Waals surface area contributed by atoms with E-state index in [2.05, 4.69) is 20.0 Å². The summed E-state index contributed by atoms with van der Waals surface area (Å²) in [7, 11) is 0. The number of nitrogens with zero attached hydrogens (tertiary/aromatic N) is 4. The highest BCUT2D eigenvalue weighted by Gasteiger charge is 1.91. The summed E-state index contributed by atoms with van der Waals surface area (Å²) in [6.07, 6.45) is 8.65. The second-order valence-corrected chi connectivity index (χ2v) is 2.67. The smallest absolute Gasteiger partial charge is 0.170 e. The monoisotopic (exact) mass is 190 g/mol. The van der Waals surface area contributed by atoms with Crippen LogP contribution in [0.3, 0.4) is 0 Å². The highest BCUT2D eigenvalue weighted by atomic mass is 15.0. The number of hydrogen-bond acceptors (Lipinski definition) is 4. The van der Waals surface area contributed by atoms with Crippen LogP contribution >= 0.6 is 0 Å². The van der Waals surface area contributed by atoms with Gasteiger partial charge in [0, 0.05) is 12.4 Å². The average molecular weight is 190 g/mol. The minimum atomic E-state index is 0.627. The van der Waals surface area contributed by atoms with Crippen molar-refractivity contribution in [1.29, 1.82) is 0 Å². The highest BCUT2D eigenvalue weighted by Crippen LogP contribution is 2.09. The summed E-state index contributed by atoms with van der Waals surface area (Å²) in [4.78, 5) is 16.4. The third kappa shape index (κ3) is 3.43. The number of aromatic nitrogens is 2. The normalized spacial score (nSPS) is 11.6. The van der Waals surface area contributed by atoms with Crippen LogP contribution in [-0.4, -0.2) is 22.4 Å². The second-order valence-electron chi connectivity index (χ2n) is 2.67. The summed E-state index contributed by atoms with van der Waals surface area (Å²) >= 11 is 0. The largest absolute Gasteiger partial charge is 0.240 e. The molecule has 0 aliphatic rings. The van der Waals surface area contributed by atoms with Crippen LogP contribution in [0.15, 0.2) is 22.4 Å². The number of aliphatic imine (C=N–C) groups is 2. The van der Waals surface area contributed by atoms with Gasteiger partial charge < -0.3 is 0 Å². The van der Waals surface area contributed by atoms with Gasteiger partial charge >= 0.3 is 0 Å². The van der Waals surface area contributed by atoms with Crippen LogP contribution in [0.25, 0.3) is 0 Å². The molecule has 0 radical (unpaired) electrons. The lowest BCUT2D eigenvalue weighted by molar-refractivity contribution is 1.15. The molecule has 74 valence electrons. The lowest BCUT2D eigenvalue weighted by Crippen LogP contribution is -1.79. The van der Waals surface area contributed by atoms with E-state index in [-0.39, 0.29) is 0 Å². The second kappa shape index (κ2) is 5.96. The van der Waals surface area contributed by atoms with E-state index in [0.717, 1.165) is 12.8 Å². The van der Waals surface area contributed by atoms with Crippen LogP contribution in [0.2, 0.25) is 0 Å². The van der Waals surface area contributed by atoms with Gasteiger partial charge in [0.1, 0.15) is 0 Å². The third-order valence-electron chi connectivity index (χ3n) is 1.44. The predicted molar refractivity (Wildman–Crippen MR) is 58.9 cm³/mol. The van der Waals surface area contributed by atoms with Crippen LogP contribution in [-0.2, 0) is 0 Å². The molecule has 0 atom stereocenters. The topological polar surface area (TPSA) is 50.5 Å². The Labute approximate surface area is 83.9 Å². The van der Waals surface area contributed by atoms with Gasteiger partial charge in [-0.25, -0.2) is 20.0 Å². The molecule has 0 amide bonds. The van der Waals surface area contributed by atoms with E-state index in [4.69, 9.17) is 0 Å². The van der Waals surface area contributed by atoms with Crippen molar-refractivity contribution in [2.24, 2.45) is 9.98 Å². The fourth-order valence-electron chi connectivity index (χ4n) is 0.817. The van der Waals surface area contributed by atoms with Gasteiger partial charge in [-0.2, -0.15) is 0 Å². The molecule has 0 aliphatic carbocycles. The summed E-state index contributed by atoms with van der Waals surface area (Å²) in [5.41, 5.74) is 0. The van der Waals surface area contributed by atoms with Gasteiger partial charge in [0.25, 0.3) is 0 Å². The quantitative estimate of drug-likeness (QED) is 0.685. The Morgan fingerprint density at radius 2 is 1.43 bits per heavy atom. The van der Waals surface area contributed by atoms with Gasteiger partial charge in [-0.1, -0.05) is 13.8 Å². The van der Waals surface area contributed by atoms with E-state index in [1.807, 2.05) is 13.8 Å². The zero-order valence-corrected chi connectivity index (χ0v) is 8.51. The molecule has 0 aliphatic heterocycles. The Morgan fingerprint density at radius 1 is 1.00 bits per heavy atom. The molecule has 0 aromatic carbocycles. The van der Waals surface area contributed by atoms with E-state index in [9.17, 15) is 0 Å². The molecule has 1 rings (SSSR count). The Balaban J connectivity index is 2.68. The molecule has 0 unspecified atom stereocenters. The lowest BCUT2D eigenvalue weighted by atomic mass is 10.5. The fraction of sp³-hybridized carbons (Fsp3) is 0.400. The van der Waals surface area contributed by atoms with Crippen LogP contribution in [0.4, 0.5) is 11.6 Å². The minimum absolute atomic E-state index is 0.627. The lowest BCUT2D eigenvalue weighted by Gasteiger charge is -1.92. The molecule has 1 aromatic rings. The molecule has 4 heteroatoms. The maximum Gasteiger partial charge on any atom is 0.170 e. The molecular formula is C10H14N4. The summed E-state index contributed by atoms with van der Waals surface area (Å²) in [5.74, 6) is 1.25. The molecular weight excluding hydrogens is 176 g/mol. The first-order valence-electron chi connectivity index (χ1n) is 4.74. The van der Waals surface area contributed by atoms with Crippen molar-refractivity contribution in [3.63, 3.8) is 0 Å². The zero-order chi connectivity index (χ0) is 10.2. The fourth-order valence-corrected chi connectivity index (χ4v) is 0.817. The maximum atomic E-state index is 4.10. The Morgan fingerprint density at radius 3 is 1.71 bits per heavy atom. The number of hydrogen-bond donors (Lipinski definition) is 0. The van der Waals surface area contributed by atoms with Crippen LogP contribution in [0.5, 0.6) is 0 Å². The zero-order valence-electron chi connectivity index (χ0n) is 8.51. The molecule has 4 nitrogen and oxygen atoms in total. The predicted octanol–water partition coefficient (Wildman–Crippen LogP) is 2.70. The number of rotatable bonds is 4. The van der Waals surface area contributed by atoms with Crippen LogP contribution in [0.1, 0.15) is 26.7 Å². The Kier molecular flexibility index (Phi) is 4.47. The van der Waals surface area contributed by atoms with Crippen molar-refractivity contribution in [3.8, 4) is 0 Å². The van der Waals surface area contributed by atoms with Gasteiger partial charge in [0.15, 0.2) is 11.6 Å².